The van der Waals surface area contributed by atoms with E-state index in [1.165, 1.54) is 12.1 Å². The molecule has 4 nitrogen and oxygen atoms in total. The van der Waals surface area contributed by atoms with Crippen LogP contribution in [0, 0.1) is 11.2 Å². The average Bonchev–Trinajstić information content (AvgIpc) is 2.25. The smallest absolute Gasteiger partial charge is 0.172 e. The minimum Gasteiger partial charge on any atom is -0.409 e. The molecule has 18 heavy (non-hydrogen) atoms. The summed E-state index contributed by atoms with van der Waals surface area (Å²) in [4.78, 5) is 1.97. The lowest BCUT2D eigenvalue weighted by Crippen LogP contribution is -2.31. The van der Waals surface area contributed by atoms with Crippen molar-refractivity contribution in [3.8, 4) is 0 Å². The highest BCUT2D eigenvalue weighted by Gasteiger charge is 2.18. The fourth-order valence-corrected chi connectivity index (χ4v) is 1.90. The Kier molecular flexibility index (Phi) is 4.16. The summed E-state index contributed by atoms with van der Waals surface area (Å²) < 4.78 is 13.2. The molecule has 0 atom stereocenters. The maximum absolute atomic E-state index is 13.2. The van der Waals surface area contributed by atoms with Crippen LogP contribution in [0.25, 0.3) is 0 Å². The van der Waals surface area contributed by atoms with Crippen LogP contribution in [0.1, 0.15) is 26.3 Å². The molecule has 0 unspecified atom stereocenters. The second-order valence-corrected chi connectivity index (χ2v) is 5.56. The zero-order chi connectivity index (χ0) is 13.9. The zero-order valence-electron chi connectivity index (χ0n) is 11.2. The van der Waals surface area contributed by atoms with Crippen LogP contribution in [0.5, 0.6) is 0 Å². The second kappa shape index (κ2) is 5.25. The molecule has 1 aromatic carbocycles. The summed E-state index contributed by atoms with van der Waals surface area (Å²) in [6.07, 6.45) is 0. The minimum absolute atomic E-state index is 0.0888. The first-order valence-electron chi connectivity index (χ1n) is 5.73. The number of rotatable bonds is 3. The summed E-state index contributed by atoms with van der Waals surface area (Å²) in [5.74, 6) is -0.505. The number of benzene rings is 1. The molecule has 0 fully saturated rings. The van der Waals surface area contributed by atoms with Gasteiger partial charge in [-0.05, 0) is 23.6 Å². The summed E-state index contributed by atoms with van der Waals surface area (Å²) in [5, 5.41) is 11.7. The first-order chi connectivity index (χ1) is 8.24. The molecule has 0 saturated carbocycles. The van der Waals surface area contributed by atoms with Crippen molar-refractivity contribution in [2.75, 3.05) is 18.5 Å². The van der Waals surface area contributed by atoms with Crippen molar-refractivity contribution in [1.82, 2.24) is 0 Å². The fourth-order valence-electron chi connectivity index (χ4n) is 1.90. The number of anilines is 1. The predicted octanol–water partition coefficient (Wildman–Crippen LogP) is 2.40. The molecule has 0 aliphatic rings. The van der Waals surface area contributed by atoms with Crippen molar-refractivity contribution < 1.29 is 9.60 Å². The van der Waals surface area contributed by atoms with Gasteiger partial charge in [-0.15, -0.1) is 0 Å². The second-order valence-electron chi connectivity index (χ2n) is 5.56. The Hall–Kier alpha value is -1.78. The van der Waals surface area contributed by atoms with Crippen LogP contribution in [-0.4, -0.2) is 24.6 Å². The minimum atomic E-state index is -0.412. The van der Waals surface area contributed by atoms with E-state index < -0.39 is 5.82 Å². The lowest BCUT2D eigenvalue weighted by molar-refractivity contribution is 0.318. The normalized spacial score (nSPS) is 12.6. The predicted molar refractivity (Wildman–Crippen MR) is 71.6 cm³/mol. The number of nitrogens with two attached hydrogens (primary N) is 1. The Morgan fingerprint density at radius 3 is 2.56 bits per heavy atom. The van der Waals surface area contributed by atoms with Crippen LogP contribution in [0.15, 0.2) is 23.4 Å². The molecule has 0 radical (unpaired) electrons. The van der Waals surface area contributed by atoms with Crippen molar-refractivity contribution in [2.24, 2.45) is 16.3 Å². The molecule has 0 aromatic heterocycles. The third-order valence-corrected chi connectivity index (χ3v) is 2.47. The summed E-state index contributed by atoms with van der Waals surface area (Å²) in [5.41, 5.74) is 6.79. The van der Waals surface area contributed by atoms with E-state index >= 15 is 0 Å². The van der Waals surface area contributed by atoms with Gasteiger partial charge in [0.15, 0.2) is 5.84 Å². The Morgan fingerprint density at radius 2 is 2.06 bits per heavy atom. The van der Waals surface area contributed by atoms with Crippen LogP contribution >= 0.6 is 0 Å². The van der Waals surface area contributed by atoms with Crippen molar-refractivity contribution in [1.29, 1.82) is 0 Å². The van der Waals surface area contributed by atoms with E-state index in [4.69, 9.17) is 10.9 Å². The maximum Gasteiger partial charge on any atom is 0.172 e. The monoisotopic (exact) mass is 253 g/mol. The lowest BCUT2D eigenvalue weighted by atomic mass is 9.95. The molecule has 0 amide bonds. The Labute approximate surface area is 107 Å². The fraction of sp³-hybridized carbons (Fsp3) is 0.462. The van der Waals surface area contributed by atoms with Crippen LogP contribution < -0.4 is 10.6 Å². The maximum atomic E-state index is 13.2. The largest absolute Gasteiger partial charge is 0.409 e. The van der Waals surface area contributed by atoms with Gasteiger partial charge < -0.3 is 15.8 Å². The van der Waals surface area contributed by atoms with E-state index in [0.29, 0.717) is 5.56 Å². The van der Waals surface area contributed by atoms with Gasteiger partial charge in [-0.3, -0.25) is 0 Å². The van der Waals surface area contributed by atoms with Crippen molar-refractivity contribution >= 4 is 11.5 Å². The molecular weight excluding hydrogens is 233 g/mol. The van der Waals surface area contributed by atoms with E-state index in [1.54, 1.807) is 6.07 Å². The molecule has 1 aromatic rings. The summed E-state index contributed by atoms with van der Waals surface area (Å²) in [7, 11) is 1.90. The van der Waals surface area contributed by atoms with Gasteiger partial charge in [0, 0.05) is 24.8 Å². The van der Waals surface area contributed by atoms with E-state index in [-0.39, 0.29) is 11.3 Å². The number of hydrogen-bond donors (Lipinski definition) is 2. The van der Waals surface area contributed by atoms with Gasteiger partial charge in [-0.1, -0.05) is 25.9 Å². The lowest BCUT2D eigenvalue weighted by Gasteiger charge is -2.29. The summed E-state index contributed by atoms with van der Waals surface area (Å²) in [6, 6.07) is 4.26. The SMILES string of the molecule is CN(CC(C)(C)C)c1ccc(F)cc1C(N)=NO. The number of halogens is 1. The topological polar surface area (TPSA) is 61.8 Å². The highest BCUT2D eigenvalue weighted by Crippen LogP contribution is 2.24. The van der Waals surface area contributed by atoms with Crippen LogP contribution in [-0.2, 0) is 0 Å². The Morgan fingerprint density at radius 1 is 1.44 bits per heavy atom. The molecule has 3 N–H and O–H groups in total. The molecule has 0 saturated heterocycles. The van der Waals surface area contributed by atoms with E-state index in [1.807, 2.05) is 11.9 Å². The standard InChI is InChI=1S/C13H20FN3O/c1-13(2,3)8-17(4)11-6-5-9(14)7-10(11)12(15)16-18/h5-7,18H,8H2,1-4H3,(H2,15,16). The molecule has 0 bridgehead atoms. The van der Waals surface area contributed by atoms with Gasteiger partial charge in [0.2, 0.25) is 0 Å². The number of nitrogens with zero attached hydrogens (tertiary/aromatic N) is 2. The van der Waals surface area contributed by atoms with E-state index in [9.17, 15) is 4.39 Å². The van der Waals surface area contributed by atoms with Crippen molar-refractivity contribution in [2.45, 2.75) is 20.8 Å². The first kappa shape index (κ1) is 14.3. The quantitative estimate of drug-likeness (QED) is 0.376. The molecule has 5 heteroatoms. The third-order valence-electron chi connectivity index (χ3n) is 2.47. The summed E-state index contributed by atoms with van der Waals surface area (Å²) >= 11 is 0. The zero-order valence-corrected chi connectivity index (χ0v) is 11.2. The Bertz CT molecular complexity index is 452. The van der Waals surface area contributed by atoms with Gasteiger partial charge in [0.25, 0.3) is 0 Å². The molecule has 0 aliphatic heterocycles. The highest BCUT2D eigenvalue weighted by molar-refractivity contribution is 6.02. The number of oxime groups is 1. The number of hydrogen-bond acceptors (Lipinski definition) is 3. The molecule has 100 valence electrons. The van der Waals surface area contributed by atoms with Crippen molar-refractivity contribution in [3.05, 3.63) is 29.6 Å². The highest BCUT2D eigenvalue weighted by atomic mass is 19.1. The molecule has 0 spiro atoms. The molecule has 0 heterocycles. The van der Waals surface area contributed by atoms with Crippen LogP contribution in [0.4, 0.5) is 10.1 Å². The molecule has 1 rings (SSSR count). The van der Waals surface area contributed by atoms with E-state index in [0.717, 1.165) is 12.2 Å². The van der Waals surface area contributed by atoms with E-state index in [2.05, 4.69) is 25.9 Å². The Balaban J connectivity index is 3.16. The number of amidine groups is 1. The van der Waals surface area contributed by atoms with Gasteiger partial charge in [-0.2, -0.15) is 0 Å². The van der Waals surface area contributed by atoms with Crippen LogP contribution in [0.3, 0.4) is 0 Å². The summed E-state index contributed by atoms with van der Waals surface area (Å²) in [6.45, 7) is 7.09. The molecule has 0 aliphatic carbocycles. The van der Waals surface area contributed by atoms with Crippen molar-refractivity contribution in [3.63, 3.8) is 0 Å². The van der Waals surface area contributed by atoms with Gasteiger partial charge in [0.05, 0.1) is 0 Å². The third kappa shape index (κ3) is 3.61. The van der Waals surface area contributed by atoms with Gasteiger partial charge in [0.1, 0.15) is 5.82 Å². The van der Waals surface area contributed by atoms with Gasteiger partial charge in [-0.25, -0.2) is 4.39 Å². The van der Waals surface area contributed by atoms with Crippen LogP contribution in [0.2, 0.25) is 0 Å². The average molecular weight is 253 g/mol. The first-order valence-corrected chi connectivity index (χ1v) is 5.73. The van der Waals surface area contributed by atoms with Gasteiger partial charge >= 0.3 is 0 Å². The molecular formula is C13H20FN3O.